The number of halogens is 3. The molecule has 2 amide bonds. The molecule has 0 fully saturated rings. The van der Waals surface area contributed by atoms with Crippen LogP contribution in [-0.4, -0.2) is 32.1 Å². The first kappa shape index (κ1) is 26.8. The van der Waals surface area contributed by atoms with Gasteiger partial charge in [-0.15, -0.1) is 18.3 Å². The number of hydrogen-bond donors (Lipinski definition) is 2. The molecule has 0 unspecified atom stereocenters. The zero-order chi connectivity index (χ0) is 27.3. The van der Waals surface area contributed by atoms with Crippen molar-refractivity contribution < 1.29 is 22.7 Å². The van der Waals surface area contributed by atoms with Gasteiger partial charge >= 0.3 is 12.4 Å². The topological polar surface area (TPSA) is 81.1 Å². The van der Waals surface area contributed by atoms with E-state index in [1.165, 1.54) is 35.3 Å². The van der Waals surface area contributed by atoms with Crippen LogP contribution in [0.15, 0.2) is 73.1 Å². The summed E-state index contributed by atoms with van der Waals surface area (Å²) in [7, 11) is 0. The van der Waals surface area contributed by atoms with Crippen molar-refractivity contribution in [3.05, 3.63) is 95.3 Å². The highest BCUT2D eigenvalue weighted by atomic mass is 32.1. The monoisotopic (exact) mass is 539 g/mol. The Morgan fingerprint density at radius 1 is 1.08 bits per heavy atom. The van der Waals surface area contributed by atoms with Crippen LogP contribution in [0, 0.1) is 6.92 Å². The lowest BCUT2D eigenvalue weighted by molar-refractivity contribution is -0.274. The van der Waals surface area contributed by atoms with Gasteiger partial charge in [-0.1, -0.05) is 55.5 Å². The van der Waals surface area contributed by atoms with E-state index in [9.17, 15) is 18.0 Å². The molecule has 0 radical (unpaired) electrons. The van der Waals surface area contributed by atoms with Gasteiger partial charge in [0.15, 0.2) is 5.82 Å². The van der Waals surface area contributed by atoms with Crippen LogP contribution in [0.1, 0.15) is 29.2 Å². The molecule has 4 aromatic rings. The molecule has 0 aliphatic heterocycles. The van der Waals surface area contributed by atoms with E-state index in [-0.39, 0.29) is 12.3 Å². The first-order chi connectivity index (χ1) is 18.1. The molecular weight excluding hydrogens is 515 g/mol. The number of nitrogens with zero attached hydrogens (tertiary/aromatic N) is 3. The van der Waals surface area contributed by atoms with Crippen molar-refractivity contribution in [3.8, 4) is 22.8 Å². The number of hydrogen-bond acceptors (Lipinski definition) is 5. The average molecular weight is 540 g/mol. The molecule has 2 N–H and O–H groups in total. The highest BCUT2D eigenvalue weighted by Crippen LogP contribution is 2.24. The first-order valence-corrected chi connectivity index (χ1v) is 12.1. The van der Waals surface area contributed by atoms with Crippen LogP contribution < -0.4 is 15.4 Å². The molecular formula is C27H24F3N5O2S. The van der Waals surface area contributed by atoms with Crippen LogP contribution >= 0.6 is 12.2 Å². The number of rotatable bonds is 7. The molecule has 0 saturated heterocycles. The van der Waals surface area contributed by atoms with E-state index in [1.807, 2.05) is 56.3 Å². The van der Waals surface area contributed by atoms with Gasteiger partial charge in [0.2, 0.25) is 0 Å². The standard InChI is InChI=1S/C27H24F3N5O2S/c1-3-19-8-4-6-17(2)23(19)25(38)33-26(36)31-15-18-7-5-9-20(14-18)24-32-16-35(34-24)21-10-12-22(13-11-21)37-27(28,29)30/h4-14,16H,3,15H2,1-2H3,(H2,31,33,36,38). The third-order valence-corrected chi connectivity index (χ3v) is 5.97. The second-order valence-corrected chi connectivity index (χ2v) is 8.76. The molecule has 0 bridgehead atoms. The summed E-state index contributed by atoms with van der Waals surface area (Å²) in [5, 5.41) is 9.97. The average Bonchev–Trinajstić information content (AvgIpc) is 3.37. The normalized spacial score (nSPS) is 11.2. The molecule has 3 aromatic carbocycles. The maximum absolute atomic E-state index is 12.5. The maximum atomic E-state index is 12.5. The molecule has 0 spiro atoms. The summed E-state index contributed by atoms with van der Waals surface area (Å²) < 4.78 is 42.5. The van der Waals surface area contributed by atoms with Crippen molar-refractivity contribution in [3.63, 3.8) is 0 Å². The Kier molecular flexibility index (Phi) is 8.06. The Labute approximate surface area is 222 Å². The smallest absolute Gasteiger partial charge is 0.406 e. The van der Waals surface area contributed by atoms with Crippen molar-refractivity contribution in [2.24, 2.45) is 0 Å². The summed E-state index contributed by atoms with van der Waals surface area (Å²) in [6.45, 7) is 4.24. The van der Waals surface area contributed by atoms with E-state index in [4.69, 9.17) is 12.2 Å². The highest BCUT2D eigenvalue weighted by Gasteiger charge is 2.31. The summed E-state index contributed by atoms with van der Waals surface area (Å²) >= 11 is 5.48. The van der Waals surface area contributed by atoms with Crippen LogP contribution in [0.3, 0.4) is 0 Å². The van der Waals surface area contributed by atoms with Gasteiger partial charge < -0.3 is 10.1 Å². The number of thiocarbonyl (C=S) groups is 1. The Bertz CT molecular complexity index is 1450. The zero-order valence-electron chi connectivity index (χ0n) is 20.5. The maximum Gasteiger partial charge on any atom is 0.573 e. The summed E-state index contributed by atoms with van der Waals surface area (Å²) in [5.41, 5.74) is 4.98. The molecule has 4 rings (SSSR count). The molecule has 0 aliphatic carbocycles. The number of ether oxygens (including phenoxy) is 1. The van der Waals surface area contributed by atoms with Crippen LogP contribution in [-0.2, 0) is 13.0 Å². The van der Waals surface area contributed by atoms with Gasteiger partial charge in [-0.2, -0.15) is 0 Å². The van der Waals surface area contributed by atoms with Crippen LogP contribution in [0.2, 0.25) is 0 Å². The Hall–Kier alpha value is -4.25. The fraction of sp³-hybridized carbons (Fsp3) is 0.185. The fourth-order valence-corrected chi connectivity index (χ4v) is 4.27. The highest BCUT2D eigenvalue weighted by molar-refractivity contribution is 7.80. The van der Waals surface area contributed by atoms with Gasteiger partial charge in [0.1, 0.15) is 17.1 Å². The minimum atomic E-state index is -4.76. The number of nitrogens with one attached hydrogen (secondary N) is 2. The van der Waals surface area contributed by atoms with E-state index in [2.05, 4.69) is 25.5 Å². The first-order valence-electron chi connectivity index (χ1n) is 11.7. The summed E-state index contributed by atoms with van der Waals surface area (Å²) in [5.74, 6) is 0.0936. The van der Waals surface area contributed by atoms with E-state index in [1.54, 1.807) is 0 Å². The van der Waals surface area contributed by atoms with E-state index >= 15 is 0 Å². The Balaban J connectivity index is 1.39. The van der Waals surface area contributed by atoms with E-state index in [0.717, 1.165) is 28.7 Å². The van der Waals surface area contributed by atoms with Crippen LogP contribution in [0.25, 0.3) is 17.1 Å². The number of urea groups is 1. The lowest BCUT2D eigenvalue weighted by atomic mass is 10.00. The number of alkyl halides is 3. The summed E-state index contributed by atoms with van der Waals surface area (Å²) in [6, 6.07) is 18.1. The van der Waals surface area contributed by atoms with Gasteiger partial charge in [-0.05, 0) is 60.4 Å². The number of carbonyl (C=O) groups excluding carboxylic acids is 1. The SMILES string of the molecule is CCc1cccc(C)c1C(=S)NC(=O)NCc1cccc(-c2ncn(-c3ccc(OC(F)(F)F)cc3)n2)c1. The fourth-order valence-electron chi connectivity index (χ4n) is 3.88. The largest absolute Gasteiger partial charge is 0.573 e. The minimum absolute atomic E-state index is 0.248. The second-order valence-electron chi connectivity index (χ2n) is 8.35. The number of aromatic nitrogens is 3. The number of carbonyl (C=O) groups is 1. The van der Waals surface area contributed by atoms with Crippen molar-refractivity contribution in [1.82, 2.24) is 25.4 Å². The molecule has 1 aromatic heterocycles. The summed E-state index contributed by atoms with van der Waals surface area (Å²) in [6.07, 6.45) is -2.49. The number of benzene rings is 3. The van der Waals surface area contributed by atoms with Crippen molar-refractivity contribution in [2.45, 2.75) is 33.2 Å². The van der Waals surface area contributed by atoms with Gasteiger partial charge in [0.25, 0.3) is 0 Å². The van der Waals surface area contributed by atoms with Crippen molar-refractivity contribution in [2.75, 3.05) is 0 Å². The van der Waals surface area contributed by atoms with Gasteiger partial charge in [-0.25, -0.2) is 14.5 Å². The van der Waals surface area contributed by atoms with Crippen molar-refractivity contribution >= 4 is 23.2 Å². The molecule has 0 atom stereocenters. The second kappa shape index (κ2) is 11.4. The number of amides is 2. The number of aryl methyl sites for hydroxylation is 2. The van der Waals surface area contributed by atoms with Gasteiger partial charge in [-0.3, -0.25) is 5.32 Å². The molecule has 1 heterocycles. The molecule has 38 heavy (non-hydrogen) atoms. The van der Waals surface area contributed by atoms with Crippen LogP contribution in [0.5, 0.6) is 5.75 Å². The summed E-state index contributed by atoms with van der Waals surface area (Å²) in [4.78, 5) is 17.2. The molecule has 196 valence electrons. The predicted octanol–water partition coefficient (Wildman–Crippen LogP) is 5.88. The van der Waals surface area contributed by atoms with Crippen molar-refractivity contribution in [1.29, 1.82) is 0 Å². The molecule has 11 heteroatoms. The molecule has 7 nitrogen and oxygen atoms in total. The van der Waals surface area contributed by atoms with Gasteiger partial charge in [0.05, 0.1) is 5.69 Å². The Morgan fingerprint density at radius 2 is 1.82 bits per heavy atom. The van der Waals surface area contributed by atoms with Crippen LogP contribution in [0.4, 0.5) is 18.0 Å². The lowest BCUT2D eigenvalue weighted by Gasteiger charge is -2.14. The third kappa shape index (κ3) is 6.74. The van der Waals surface area contributed by atoms with Gasteiger partial charge in [0, 0.05) is 17.7 Å². The third-order valence-electron chi connectivity index (χ3n) is 5.66. The quantitative estimate of drug-likeness (QED) is 0.287. The van der Waals surface area contributed by atoms with E-state index < -0.39 is 12.4 Å². The molecule has 0 aliphatic rings. The van der Waals surface area contributed by atoms with E-state index in [0.29, 0.717) is 22.1 Å². The zero-order valence-corrected chi connectivity index (χ0v) is 21.4. The predicted molar refractivity (Wildman–Crippen MR) is 141 cm³/mol. The lowest BCUT2D eigenvalue weighted by Crippen LogP contribution is -2.39. The minimum Gasteiger partial charge on any atom is -0.406 e. The molecule has 0 saturated carbocycles. The Morgan fingerprint density at radius 3 is 2.53 bits per heavy atom.